The van der Waals surface area contributed by atoms with Gasteiger partial charge in [0.05, 0.1) is 11.5 Å². The number of nitro groups is 1. The number of aromatic nitrogens is 2. The van der Waals surface area contributed by atoms with Crippen LogP contribution in [0.5, 0.6) is 0 Å². The molecule has 0 radical (unpaired) electrons. The second-order valence-electron chi connectivity index (χ2n) is 3.39. The third kappa shape index (κ3) is 2.57. The Hall–Kier alpha value is -2.44. The molecule has 0 fully saturated rings. The van der Waals surface area contributed by atoms with Gasteiger partial charge < -0.3 is 9.84 Å². The summed E-state index contributed by atoms with van der Waals surface area (Å²) in [5.74, 6) is 0.509. The summed E-state index contributed by atoms with van der Waals surface area (Å²) < 4.78 is 4.84. The third-order valence-electron chi connectivity index (χ3n) is 2.15. The van der Waals surface area contributed by atoms with Gasteiger partial charge >= 0.3 is 6.01 Å². The Labute approximate surface area is 96.6 Å². The summed E-state index contributed by atoms with van der Waals surface area (Å²) in [4.78, 5) is 14.3. The zero-order chi connectivity index (χ0) is 12.3. The van der Waals surface area contributed by atoms with Crippen LogP contribution in [0.3, 0.4) is 0 Å². The number of nitrogens with one attached hydrogen (secondary N) is 1. The molecule has 0 aliphatic rings. The molecule has 0 aliphatic carbocycles. The fraction of sp³-hybridized carbons (Fsp3) is 0.200. The predicted molar refractivity (Wildman–Crippen MR) is 59.5 cm³/mol. The van der Waals surface area contributed by atoms with E-state index in [1.807, 2.05) is 0 Å². The van der Waals surface area contributed by atoms with E-state index in [1.165, 1.54) is 6.07 Å². The summed E-state index contributed by atoms with van der Waals surface area (Å²) >= 11 is 0. The van der Waals surface area contributed by atoms with Crippen molar-refractivity contribution in [1.82, 2.24) is 10.1 Å². The van der Waals surface area contributed by atoms with Crippen molar-refractivity contribution in [2.45, 2.75) is 13.5 Å². The van der Waals surface area contributed by atoms with Crippen molar-refractivity contribution < 1.29 is 9.45 Å². The van der Waals surface area contributed by atoms with Gasteiger partial charge in [-0.15, -0.1) is 0 Å². The van der Waals surface area contributed by atoms with Crippen LogP contribution in [0.25, 0.3) is 0 Å². The summed E-state index contributed by atoms with van der Waals surface area (Å²) in [5, 5.41) is 17.2. The van der Waals surface area contributed by atoms with Gasteiger partial charge in [0.15, 0.2) is 5.82 Å². The summed E-state index contributed by atoms with van der Waals surface area (Å²) in [6.07, 6.45) is 0. The van der Waals surface area contributed by atoms with Crippen LogP contribution in [-0.4, -0.2) is 15.1 Å². The number of nitrogens with zero attached hydrogens (tertiary/aromatic N) is 3. The highest BCUT2D eigenvalue weighted by molar-refractivity contribution is 5.41. The number of hydrogen-bond donors (Lipinski definition) is 1. The molecule has 1 N–H and O–H groups in total. The number of anilines is 1. The highest BCUT2D eigenvalue weighted by atomic mass is 16.6. The lowest BCUT2D eigenvalue weighted by Crippen LogP contribution is -2.03. The van der Waals surface area contributed by atoms with Crippen molar-refractivity contribution in [3.63, 3.8) is 0 Å². The number of benzene rings is 1. The van der Waals surface area contributed by atoms with Gasteiger partial charge in [-0.1, -0.05) is 23.4 Å². The van der Waals surface area contributed by atoms with Crippen LogP contribution < -0.4 is 5.32 Å². The van der Waals surface area contributed by atoms with Crippen molar-refractivity contribution in [2.75, 3.05) is 5.32 Å². The first-order valence-corrected chi connectivity index (χ1v) is 4.93. The summed E-state index contributed by atoms with van der Waals surface area (Å²) in [7, 11) is 0. The van der Waals surface area contributed by atoms with Gasteiger partial charge in [0.2, 0.25) is 0 Å². The van der Waals surface area contributed by atoms with Crippen molar-refractivity contribution in [3.05, 3.63) is 45.8 Å². The van der Waals surface area contributed by atoms with Crippen LogP contribution in [0.2, 0.25) is 0 Å². The largest absolute Gasteiger partial charge is 0.333 e. The Balaban J connectivity index is 2.11. The molecule has 0 atom stereocenters. The molecular formula is C10H10N4O3. The molecule has 7 nitrogen and oxygen atoms in total. The minimum atomic E-state index is -0.421. The molecule has 0 amide bonds. The quantitative estimate of drug-likeness (QED) is 0.641. The standard InChI is InChI=1S/C10H10N4O3/c1-7-12-10(17-13-7)11-6-8-4-2-3-5-9(8)14(15)16/h2-5H,6H2,1H3,(H,11,12,13). The molecular weight excluding hydrogens is 224 g/mol. The molecule has 2 aromatic rings. The lowest BCUT2D eigenvalue weighted by Gasteiger charge is -2.02. The first kappa shape index (κ1) is 11.1. The molecule has 1 aromatic heterocycles. The molecule has 88 valence electrons. The molecule has 0 saturated carbocycles. The smallest absolute Gasteiger partial charge is 0.321 e. The van der Waals surface area contributed by atoms with E-state index in [2.05, 4.69) is 15.5 Å². The Kier molecular flexibility index (Phi) is 2.99. The summed E-state index contributed by atoms with van der Waals surface area (Å²) in [6.45, 7) is 1.96. The topological polar surface area (TPSA) is 94.1 Å². The Bertz CT molecular complexity index is 538. The van der Waals surface area contributed by atoms with Gasteiger partial charge in [-0.25, -0.2) is 0 Å². The van der Waals surface area contributed by atoms with Crippen molar-refractivity contribution in [1.29, 1.82) is 0 Å². The van der Waals surface area contributed by atoms with Crippen LogP contribution in [0.15, 0.2) is 28.8 Å². The number of hydrogen-bond acceptors (Lipinski definition) is 6. The van der Waals surface area contributed by atoms with Gasteiger partial charge in [0.1, 0.15) is 0 Å². The molecule has 1 aromatic carbocycles. The minimum Gasteiger partial charge on any atom is -0.333 e. The van der Waals surface area contributed by atoms with E-state index in [9.17, 15) is 10.1 Å². The minimum absolute atomic E-state index is 0.0660. The zero-order valence-corrected chi connectivity index (χ0v) is 9.08. The number of aryl methyl sites for hydroxylation is 1. The highest BCUT2D eigenvalue weighted by Gasteiger charge is 2.12. The molecule has 0 unspecified atom stereocenters. The van der Waals surface area contributed by atoms with Crippen molar-refractivity contribution in [3.8, 4) is 0 Å². The fourth-order valence-electron chi connectivity index (χ4n) is 1.38. The van der Waals surface area contributed by atoms with E-state index >= 15 is 0 Å². The zero-order valence-electron chi connectivity index (χ0n) is 9.08. The summed E-state index contributed by atoms with van der Waals surface area (Å²) in [5.41, 5.74) is 0.629. The van der Waals surface area contributed by atoms with Gasteiger partial charge in [0.25, 0.3) is 5.69 Å². The lowest BCUT2D eigenvalue weighted by atomic mass is 10.2. The van der Waals surface area contributed by atoms with E-state index in [0.29, 0.717) is 11.4 Å². The average Bonchev–Trinajstić information content (AvgIpc) is 2.73. The number of rotatable bonds is 4. The average molecular weight is 234 g/mol. The molecule has 17 heavy (non-hydrogen) atoms. The fourth-order valence-corrected chi connectivity index (χ4v) is 1.38. The van der Waals surface area contributed by atoms with Crippen LogP contribution >= 0.6 is 0 Å². The maximum absolute atomic E-state index is 10.8. The molecule has 0 saturated heterocycles. The summed E-state index contributed by atoms with van der Waals surface area (Å²) in [6, 6.07) is 6.74. The first-order chi connectivity index (χ1) is 8.16. The van der Waals surface area contributed by atoms with E-state index in [1.54, 1.807) is 25.1 Å². The van der Waals surface area contributed by atoms with Gasteiger partial charge in [-0.3, -0.25) is 10.1 Å². The van der Waals surface area contributed by atoms with Crippen LogP contribution in [0.4, 0.5) is 11.7 Å². The molecule has 1 heterocycles. The van der Waals surface area contributed by atoms with Gasteiger partial charge in [0, 0.05) is 11.6 Å². The predicted octanol–water partition coefficient (Wildman–Crippen LogP) is 1.90. The monoisotopic (exact) mass is 234 g/mol. The van der Waals surface area contributed by atoms with E-state index in [4.69, 9.17) is 4.52 Å². The highest BCUT2D eigenvalue weighted by Crippen LogP contribution is 2.18. The van der Waals surface area contributed by atoms with Gasteiger partial charge in [-0.2, -0.15) is 4.98 Å². The second-order valence-corrected chi connectivity index (χ2v) is 3.39. The maximum atomic E-state index is 10.8. The van der Waals surface area contributed by atoms with Gasteiger partial charge in [-0.05, 0) is 6.92 Å². The van der Waals surface area contributed by atoms with Crippen molar-refractivity contribution in [2.24, 2.45) is 0 Å². The van der Waals surface area contributed by atoms with E-state index in [-0.39, 0.29) is 18.2 Å². The number of para-hydroxylation sites is 1. The lowest BCUT2D eigenvalue weighted by molar-refractivity contribution is -0.385. The molecule has 7 heteroatoms. The number of nitro benzene ring substituents is 1. The molecule has 0 spiro atoms. The molecule has 0 bridgehead atoms. The van der Waals surface area contributed by atoms with Crippen LogP contribution in [0, 0.1) is 17.0 Å². The second kappa shape index (κ2) is 4.60. The Morgan fingerprint density at radius 1 is 1.47 bits per heavy atom. The van der Waals surface area contributed by atoms with Crippen LogP contribution in [-0.2, 0) is 6.54 Å². The van der Waals surface area contributed by atoms with Crippen molar-refractivity contribution >= 4 is 11.7 Å². The van der Waals surface area contributed by atoms with E-state index < -0.39 is 4.92 Å². The molecule has 0 aliphatic heterocycles. The SMILES string of the molecule is Cc1noc(NCc2ccccc2[N+](=O)[O-])n1. The third-order valence-corrected chi connectivity index (χ3v) is 2.15. The molecule has 2 rings (SSSR count). The normalized spacial score (nSPS) is 10.2. The van der Waals surface area contributed by atoms with Crippen LogP contribution in [0.1, 0.15) is 11.4 Å². The Morgan fingerprint density at radius 3 is 2.88 bits per heavy atom. The maximum Gasteiger partial charge on any atom is 0.321 e. The Morgan fingerprint density at radius 2 is 2.24 bits per heavy atom. The first-order valence-electron chi connectivity index (χ1n) is 4.93. The van der Waals surface area contributed by atoms with E-state index in [0.717, 1.165) is 0 Å².